The van der Waals surface area contributed by atoms with E-state index in [0.717, 1.165) is 109 Å². The van der Waals surface area contributed by atoms with E-state index in [9.17, 15) is 34.4 Å². The largest absolute Gasteiger partial charge is 0.744 e. The lowest BCUT2D eigenvalue weighted by atomic mass is 9.91. The summed E-state index contributed by atoms with van der Waals surface area (Å²) >= 11 is -0.750. The minimum atomic E-state index is -4.74. The summed E-state index contributed by atoms with van der Waals surface area (Å²) in [7, 11) is -10.7. The summed E-state index contributed by atoms with van der Waals surface area (Å²) in [5.41, 5.74) is 19.0. The summed E-state index contributed by atoms with van der Waals surface area (Å²) in [5.74, 6) is 1.10. The minimum Gasteiger partial charge on any atom is -0.744 e. The van der Waals surface area contributed by atoms with Gasteiger partial charge < -0.3 is 33.9 Å². The molecule has 13 rings (SSSR count). The van der Waals surface area contributed by atoms with Crippen LogP contribution in [0.2, 0.25) is 0 Å². The smallest absolute Gasteiger partial charge is 0.335 e. The molecule has 1 saturated carbocycles. The maximum atomic E-state index is 12.3. The van der Waals surface area contributed by atoms with Crippen LogP contribution in [0.4, 0.5) is 34.1 Å². The van der Waals surface area contributed by atoms with Gasteiger partial charge in [0.2, 0.25) is 32.1 Å². The monoisotopic (exact) mass is 1510 g/mol. The summed E-state index contributed by atoms with van der Waals surface area (Å²) in [6.45, 7) is 24.4. The summed E-state index contributed by atoms with van der Waals surface area (Å²) in [5, 5.41) is 13.2. The van der Waals surface area contributed by atoms with E-state index < -0.39 is 41.8 Å². The number of hydrogen-bond donors (Lipinski definition) is 6. The predicted octanol–water partition coefficient (Wildman–Crippen LogP) is 15.5. The van der Waals surface area contributed by atoms with Gasteiger partial charge in [0.25, 0.3) is 0 Å². The Balaban J connectivity index is 0.000000261. The Bertz CT molecular complexity index is 5170. The van der Waals surface area contributed by atoms with E-state index in [2.05, 4.69) is 135 Å². The third-order valence-corrected chi connectivity index (χ3v) is 20.3. The Labute approximate surface area is 629 Å². The topological polar surface area (TPSA) is 285 Å². The van der Waals surface area contributed by atoms with Crippen LogP contribution in [0.25, 0.3) is 66.8 Å². The Morgan fingerprint density at radius 3 is 1.08 bits per heavy atom. The lowest BCUT2D eigenvalue weighted by Gasteiger charge is -2.31. The van der Waals surface area contributed by atoms with Gasteiger partial charge in [-0.2, -0.15) is 8.42 Å². The van der Waals surface area contributed by atoms with Gasteiger partial charge in [0.1, 0.15) is 42.9 Å². The van der Waals surface area contributed by atoms with Crippen LogP contribution in [0.3, 0.4) is 0 Å². The molecule has 106 heavy (non-hydrogen) atoms. The molecule has 0 amide bonds. The summed E-state index contributed by atoms with van der Waals surface area (Å²) in [4.78, 5) is 6.49. The van der Waals surface area contributed by atoms with Crippen LogP contribution in [0.1, 0.15) is 113 Å². The second kappa shape index (κ2) is 38.0. The summed E-state index contributed by atoms with van der Waals surface area (Å²) < 4.78 is 128. The zero-order chi connectivity index (χ0) is 75.8. The van der Waals surface area contributed by atoms with Gasteiger partial charge in [0.05, 0.1) is 28.2 Å². The second-order valence-electron chi connectivity index (χ2n) is 25.0. The molecule has 1 fully saturated rings. The fourth-order valence-electron chi connectivity index (χ4n) is 13.0. The first kappa shape index (κ1) is 85.2. The van der Waals surface area contributed by atoms with Crippen molar-refractivity contribution >= 4 is 97.9 Å². The van der Waals surface area contributed by atoms with Gasteiger partial charge in [0.15, 0.2) is 0 Å². The van der Waals surface area contributed by atoms with Gasteiger partial charge in [0, 0.05) is 126 Å². The molecule has 2 atom stereocenters. The lowest BCUT2D eigenvalue weighted by Crippen LogP contribution is -2.71. The number of sulfonamides is 1. The number of para-hydroxylation sites is 4. The van der Waals surface area contributed by atoms with Crippen molar-refractivity contribution in [3.8, 4) is 44.9 Å². The number of aryl methyl sites for hydroxylation is 8. The van der Waals surface area contributed by atoms with Crippen LogP contribution in [-0.2, 0) is 41.8 Å². The molecule has 6 N–H and O–H groups in total. The number of benzene rings is 10. The van der Waals surface area contributed by atoms with Gasteiger partial charge in [-0.15, -0.1) is 0 Å². The molecule has 0 radical (unpaired) electrons. The number of nitrogens with one attached hydrogen (secondary N) is 6. The van der Waals surface area contributed by atoms with Crippen LogP contribution in [-0.4, -0.2) is 68.2 Å². The van der Waals surface area contributed by atoms with Crippen molar-refractivity contribution in [1.82, 2.24) is 10.0 Å². The van der Waals surface area contributed by atoms with Crippen molar-refractivity contribution in [2.75, 3.05) is 23.9 Å². The number of hydrogen-bond acceptors (Lipinski definition) is 15. The van der Waals surface area contributed by atoms with Gasteiger partial charge in [-0.1, -0.05) is 165 Å². The first-order valence-electron chi connectivity index (χ1n) is 34.3. The average Bonchev–Trinajstić information content (AvgIpc) is 0.748. The molecule has 8 aromatic rings. The van der Waals surface area contributed by atoms with E-state index in [0.29, 0.717) is 72.9 Å². The standard InChI is InChI=1S/2C35H30N2O4S.C8H18N2O2S.2C2H6.2CH4.O2S/c2*1-21-9-7-10-22(2)34(21)36-25-15-17-27-30(19-25)41-31-20-26(37-35-23(3)11-8-12-24(35)4)16-18-28(31)33(27)29-13-5-6-14-32(29)42(38,39)40;1-9-7-5-3-4-6-8(7)10-13(2,11)12;2*1-2;;;1-3-2/h2*5-20,36H,1-4H3,(H,38,39,40);7-10H,3-6H2,1-2H3;2*1-2H3;2*1H4;. The SMILES string of the molecule is C.C.CC.CC.CNC1CCCCC1NS(C)(=O)=O.Cc1cccc(C)c1Nc1ccc2c(-c3ccccc3S(=O)(=O)[O-])c3ccc(=[NH+]c4c(C)cccc4C)cc-3oc2c1.Cc1cccc(C)c1Nc1ccc2c(-c3ccccc3S(=O)(=O)[O-])c3ccc(=[NH+]c4c(C)cccc4C)cc-3oc2c1.O=S=O. The molecule has 3 aliphatic carbocycles. The average molecular weight is 1510 g/mol. The van der Waals surface area contributed by atoms with Gasteiger partial charge in [-0.25, -0.2) is 40.0 Å². The molecule has 2 heterocycles. The van der Waals surface area contributed by atoms with Crippen molar-refractivity contribution in [2.45, 2.75) is 145 Å². The first-order chi connectivity index (χ1) is 49.6. The minimum absolute atomic E-state index is 0. The van der Waals surface area contributed by atoms with Crippen LogP contribution in [0.15, 0.2) is 213 Å². The maximum absolute atomic E-state index is 12.3. The third-order valence-electron chi connectivity index (χ3n) is 17.8. The zero-order valence-corrected chi connectivity index (χ0v) is 64.3. The van der Waals surface area contributed by atoms with Crippen molar-refractivity contribution in [3.63, 3.8) is 0 Å². The number of anilines is 4. The number of rotatable bonds is 13. The molecule has 0 saturated heterocycles. The molecular formula is C84H98N6O12S4. The van der Waals surface area contributed by atoms with E-state index >= 15 is 0 Å². The van der Waals surface area contributed by atoms with Crippen LogP contribution in [0.5, 0.6) is 0 Å². The van der Waals surface area contributed by atoms with Crippen molar-refractivity contribution in [3.05, 3.63) is 249 Å². The Morgan fingerprint density at radius 2 is 0.755 bits per heavy atom. The molecule has 8 aromatic carbocycles. The molecule has 2 aliphatic heterocycles. The highest BCUT2D eigenvalue weighted by atomic mass is 32.2. The van der Waals surface area contributed by atoms with Gasteiger partial charge >= 0.3 is 11.6 Å². The van der Waals surface area contributed by atoms with Gasteiger partial charge in [-0.05, 0) is 146 Å². The highest BCUT2D eigenvalue weighted by Crippen LogP contribution is 2.45. The van der Waals surface area contributed by atoms with Crippen LogP contribution >= 0.6 is 0 Å². The molecule has 2 unspecified atom stereocenters. The van der Waals surface area contributed by atoms with E-state index in [1.54, 1.807) is 36.4 Å². The molecule has 0 aromatic heterocycles. The maximum Gasteiger partial charge on any atom is 0.335 e. The van der Waals surface area contributed by atoms with E-state index in [1.807, 2.05) is 132 Å². The molecule has 18 nitrogen and oxygen atoms in total. The fraction of sp³-hybridized carbons (Fsp3) is 0.262. The Hall–Kier alpha value is -9.75. The Kier molecular flexibility index (Phi) is 30.5. The Morgan fingerprint density at radius 1 is 0.425 bits per heavy atom. The molecule has 22 heteroatoms. The van der Waals surface area contributed by atoms with E-state index in [-0.39, 0.29) is 30.7 Å². The van der Waals surface area contributed by atoms with Gasteiger partial charge in [-0.3, -0.25) is 0 Å². The van der Waals surface area contributed by atoms with Crippen molar-refractivity contribution < 1.29 is 61.6 Å². The summed E-state index contributed by atoms with van der Waals surface area (Å²) in [6.07, 6.45) is 5.52. The lowest BCUT2D eigenvalue weighted by molar-refractivity contribution is -0.404. The molecule has 5 aliphatic rings. The highest BCUT2D eigenvalue weighted by Gasteiger charge is 2.27. The first-order valence-corrected chi connectivity index (χ1v) is 39.7. The van der Waals surface area contributed by atoms with Crippen molar-refractivity contribution in [2.24, 2.45) is 0 Å². The molecule has 560 valence electrons. The van der Waals surface area contributed by atoms with E-state index in [1.165, 1.54) is 24.8 Å². The highest BCUT2D eigenvalue weighted by molar-refractivity contribution is 7.88. The zero-order valence-electron chi connectivity index (χ0n) is 61.0. The number of fused-ring (bicyclic) bond motifs is 4. The second-order valence-corrected chi connectivity index (χ2v) is 29.6. The predicted molar refractivity (Wildman–Crippen MR) is 428 cm³/mol. The quantitative estimate of drug-likeness (QED) is 0.0462. The molecular weight excluding hydrogens is 1410 g/mol. The molecule has 0 bridgehead atoms. The fourth-order valence-corrected chi connectivity index (χ4v) is 15.2. The van der Waals surface area contributed by atoms with E-state index in [4.69, 9.17) is 17.3 Å². The molecule has 0 spiro atoms. The van der Waals surface area contributed by atoms with Crippen LogP contribution < -0.4 is 41.4 Å². The third kappa shape index (κ3) is 20.9. The van der Waals surface area contributed by atoms with Crippen LogP contribution in [0, 0.1) is 55.4 Å². The van der Waals surface area contributed by atoms with Crippen molar-refractivity contribution in [1.29, 1.82) is 0 Å². The number of likely N-dealkylation sites (N-methyl/N-ethyl adjacent to an activating group) is 1. The summed E-state index contributed by atoms with van der Waals surface area (Å²) in [6, 6.07) is 60.5. The normalized spacial score (nSPS) is 13.7.